The molecule has 1 aromatic carbocycles. The van der Waals surface area contributed by atoms with Crippen LogP contribution in [0.3, 0.4) is 0 Å². The molecule has 0 spiro atoms. The van der Waals surface area contributed by atoms with Crippen molar-refractivity contribution in [3.05, 3.63) is 30.1 Å². The van der Waals surface area contributed by atoms with Crippen molar-refractivity contribution >= 4 is 11.0 Å². The van der Waals surface area contributed by atoms with E-state index in [-0.39, 0.29) is 0 Å². The van der Waals surface area contributed by atoms with Crippen LogP contribution in [-0.4, -0.2) is 9.55 Å². The van der Waals surface area contributed by atoms with E-state index in [1.165, 1.54) is 11.1 Å². The maximum absolute atomic E-state index is 4.17. The molecule has 53 valence electrons. The summed E-state index contributed by atoms with van der Waals surface area (Å²) in [6, 6.07) is 6.27. The van der Waals surface area contributed by atoms with E-state index in [1.54, 1.807) is 0 Å². The monoisotopic (exact) mass is 143 g/mol. The summed E-state index contributed by atoms with van der Waals surface area (Å²) in [5, 5.41) is 0. The summed E-state index contributed by atoms with van der Waals surface area (Å²) in [5.41, 5.74) is 3.78. The normalized spacial score (nSPS) is 14.5. The first kappa shape index (κ1) is 5.35. The second kappa shape index (κ2) is 1.64. The molecule has 0 fully saturated rings. The summed E-state index contributed by atoms with van der Waals surface area (Å²) >= 11 is 0. The molecule has 2 heterocycles. The quantitative estimate of drug-likeness (QED) is 0.545. The molecule has 3 rings (SSSR count). The molecule has 0 saturated carbocycles. The fourth-order valence-electron chi connectivity index (χ4n) is 1.74. The zero-order valence-corrected chi connectivity index (χ0v) is 6.04. The van der Waals surface area contributed by atoms with Crippen LogP contribution in [0.4, 0.5) is 0 Å². The molecule has 0 aliphatic carbocycles. The minimum atomic E-state index is 1.05. The van der Waals surface area contributed by atoms with Crippen molar-refractivity contribution in [2.75, 3.05) is 0 Å². The van der Waals surface area contributed by atoms with E-state index >= 15 is 0 Å². The van der Waals surface area contributed by atoms with E-state index < -0.39 is 0 Å². The zero-order valence-electron chi connectivity index (χ0n) is 6.04. The van der Waals surface area contributed by atoms with Gasteiger partial charge in [0.05, 0.1) is 11.0 Å². The summed E-state index contributed by atoms with van der Waals surface area (Å²) in [6.45, 7) is 1.05. The fraction of sp³-hybridized carbons (Fsp3) is 0.222. The first-order chi connectivity index (χ1) is 5.45. The fourth-order valence-corrected chi connectivity index (χ4v) is 1.74. The number of rotatable bonds is 0. The Labute approximate surface area is 64.5 Å². The number of aryl methyl sites for hydroxylation is 2. The molecule has 11 heavy (non-hydrogen) atoms. The number of aromatic nitrogens is 2. The van der Waals surface area contributed by atoms with Crippen LogP contribution < -0.4 is 0 Å². The molecule has 2 heteroatoms. The smallest absolute Gasteiger partial charge is 0.177 e. The highest BCUT2D eigenvalue weighted by Gasteiger charge is 2.13. The lowest BCUT2D eigenvalue weighted by Crippen LogP contribution is -1.88. The predicted octanol–water partition coefficient (Wildman–Crippen LogP) is 1.39. The molecule has 1 radical (unpaired) electrons. The Kier molecular flexibility index (Phi) is 0.799. The highest BCUT2D eigenvalue weighted by Crippen LogP contribution is 2.23. The largest absolute Gasteiger partial charge is 0.321 e. The number of hydrogen-bond acceptors (Lipinski definition) is 1. The van der Waals surface area contributed by atoms with Gasteiger partial charge in [-0.1, -0.05) is 12.1 Å². The van der Waals surface area contributed by atoms with Gasteiger partial charge >= 0.3 is 0 Å². The van der Waals surface area contributed by atoms with E-state index in [0.717, 1.165) is 18.5 Å². The Morgan fingerprint density at radius 3 is 3.45 bits per heavy atom. The molecule has 0 atom stereocenters. The molecular weight excluding hydrogens is 136 g/mol. The van der Waals surface area contributed by atoms with Crippen molar-refractivity contribution in [2.45, 2.75) is 13.0 Å². The average Bonchev–Trinajstić information content (AvgIpc) is 2.60. The van der Waals surface area contributed by atoms with E-state index in [9.17, 15) is 0 Å². The molecule has 2 nitrogen and oxygen atoms in total. The Bertz CT molecular complexity index is 414. The second-order valence-corrected chi connectivity index (χ2v) is 2.90. The number of nitrogens with zero attached hydrogens (tertiary/aromatic N) is 2. The van der Waals surface area contributed by atoms with Gasteiger partial charge in [0.1, 0.15) is 0 Å². The van der Waals surface area contributed by atoms with Crippen LogP contribution in [0, 0.1) is 6.33 Å². The Morgan fingerprint density at radius 1 is 1.45 bits per heavy atom. The lowest BCUT2D eigenvalue weighted by molar-refractivity contribution is 0.755. The Hall–Kier alpha value is -1.31. The Balaban J connectivity index is 2.61. The van der Waals surface area contributed by atoms with Gasteiger partial charge in [-0.25, -0.2) is 4.98 Å². The lowest BCUT2D eigenvalue weighted by Gasteiger charge is -1.90. The van der Waals surface area contributed by atoms with Gasteiger partial charge in [0, 0.05) is 6.54 Å². The van der Waals surface area contributed by atoms with Gasteiger partial charge in [0.2, 0.25) is 0 Å². The van der Waals surface area contributed by atoms with Crippen molar-refractivity contribution in [1.82, 2.24) is 9.55 Å². The van der Waals surface area contributed by atoms with Crippen LogP contribution in [0.5, 0.6) is 0 Å². The highest BCUT2D eigenvalue weighted by molar-refractivity contribution is 5.80. The molecule has 0 saturated heterocycles. The number of hydrogen-bond donors (Lipinski definition) is 0. The van der Waals surface area contributed by atoms with Gasteiger partial charge in [-0.05, 0) is 18.1 Å². The third-order valence-corrected chi connectivity index (χ3v) is 2.26. The standard InChI is InChI=1S/C9H7N2/c1-2-7-4-5-11-6-10-8(3-1)9(7)11/h1-3H,4-5H2. The summed E-state index contributed by atoms with van der Waals surface area (Å²) in [4.78, 5) is 4.17. The molecular formula is C9H7N2. The molecule has 1 aliphatic rings. The maximum Gasteiger partial charge on any atom is 0.177 e. The second-order valence-electron chi connectivity index (χ2n) is 2.90. The van der Waals surface area contributed by atoms with E-state index in [1.807, 2.05) is 6.07 Å². The topological polar surface area (TPSA) is 17.8 Å². The van der Waals surface area contributed by atoms with E-state index in [0.29, 0.717) is 0 Å². The van der Waals surface area contributed by atoms with Gasteiger partial charge < -0.3 is 4.57 Å². The average molecular weight is 143 g/mol. The van der Waals surface area contributed by atoms with Crippen LogP contribution >= 0.6 is 0 Å². The summed E-state index contributed by atoms with van der Waals surface area (Å²) in [6.07, 6.45) is 4.13. The molecule has 2 aromatic rings. The van der Waals surface area contributed by atoms with E-state index in [4.69, 9.17) is 0 Å². The first-order valence-electron chi connectivity index (χ1n) is 3.81. The lowest BCUT2D eigenvalue weighted by atomic mass is 10.2. The minimum Gasteiger partial charge on any atom is -0.321 e. The third kappa shape index (κ3) is 0.546. The molecule has 1 aliphatic heterocycles. The molecule has 0 unspecified atom stereocenters. The summed E-state index contributed by atoms with van der Waals surface area (Å²) in [7, 11) is 0. The van der Waals surface area contributed by atoms with Crippen LogP contribution in [0.15, 0.2) is 18.2 Å². The minimum absolute atomic E-state index is 1.05. The maximum atomic E-state index is 4.17. The first-order valence-corrected chi connectivity index (χ1v) is 3.81. The molecule has 0 N–H and O–H groups in total. The van der Waals surface area contributed by atoms with Gasteiger partial charge in [-0.2, -0.15) is 0 Å². The van der Waals surface area contributed by atoms with Crippen molar-refractivity contribution in [1.29, 1.82) is 0 Å². The third-order valence-electron chi connectivity index (χ3n) is 2.26. The molecule has 1 aromatic heterocycles. The van der Waals surface area contributed by atoms with Crippen molar-refractivity contribution in [3.8, 4) is 0 Å². The highest BCUT2D eigenvalue weighted by atomic mass is 15.1. The number of benzene rings is 1. The van der Waals surface area contributed by atoms with Crippen LogP contribution in [-0.2, 0) is 13.0 Å². The molecule has 0 amide bonds. The predicted molar refractivity (Wildman–Crippen MR) is 42.3 cm³/mol. The Morgan fingerprint density at radius 2 is 2.45 bits per heavy atom. The number of para-hydroxylation sites is 1. The van der Waals surface area contributed by atoms with Gasteiger partial charge in [-0.15, -0.1) is 0 Å². The molecule has 0 bridgehead atoms. The van der Waals surface area contributed by atoms with E-state index in [2.05, 4.69) is 28.0 Å². The zero-order chi connectivity index (χ0) is 7.26. The van der Waals surface area contributed by atoms with Crippen LogP contribution in [0.25, 0.3) is 11.0 Å². The SMILES string of the molecule is [c]1nc2cccc3c2n1CC3. The van der Waals surface area contributed by atoms with Crippen molar-refractivity contribution < 1.29 is 0 Å². The number of imidazole rings is 1. The summed E-state index contributed by atoms with van der Waals surface area (Å²) in [5.74, 6) is 0. The van der Waals surface area contributed by atoms with Gasteiger partial charge in [0.25, 0.3) is 0 Å². The summed E-state index contributed by atoms with van der Waals surface area (Å²) < 4.78 is 2.10. The van der Waals surface area contributed by atoms with Gasteiger partial charge in [-0.3, -0.25) is 0 Å². The van der Waals surface area contributed by atoms with Crippen LogP contribution in [0.1, 0.15) is 5.56 Å². The van der Waals surface area contributed by atoms with Crippen molar-refractivity contribution in [2.24, 2.45) is 0 Å². The van der Waals surface area contributed by atoms with Crippen molar-refractivity contribution in [3.63, 3.8) is 0 Å². The van der Waals surface area contributed by atoms with Crippen LogP contribution in [0.2, 0.25) is 0 Å². The van der Waals surface area contributed by atoms with Gasteiger partial charge in [0.15, 0.2) is 6.33 Å².